The van der Waals surface area contributed by atoms with Crippen molar-refractivity contribution in [3.05, 3.63) is 12.3 Å². The molecule has 0 unspecified atom stereocenters. The summed E-state index contributed by atoms with van der Waals surface area (Å²) < 4.78 is 14.0. The molecule has 0 spiro atoms. The van der Waals surface area contributed by atoms with Gasteiger partial charge in [0.25, 0.3) is 0 Å². The van der Waals surface area contributed by atoms with Gasteiger partial charge in [-0.2, -0.15) is 5.10 Å². The topological polar surface area (TPSA) is 36.3 Å². The number of nitrogens with zero attached hydrogens (tertiary/aromatic N) is 2. The van der Waals surface area contributed by atoms with Crippen molar-refractivity contribution in [2.24, 2.45) is 0 Å². The van der Waals surface area contributed by atoms with Crippen LogP contribution in [0.4, 0.5) is 0 Å². The van der Waals surface area contributed by atoms with Crippen molar-refractivity contribution in [1.29, 1.82) is 0 Å². The quantitative estimate of drug-likeness (QED) is 0.748. The maximum atomic E-state index is 6.01. The summed E-state index contributed by atoms with van der Waals surface area (Å²) in [5.74, 6) is 0. The van der Waals surface area contributed by atoms with Gasteiger partial charge in [0.15, 0.2) is 0 Å². The van der Waals surface area contributed by atoms with E-state index in [1.807, 2.05) is 10.7 Å². The lowest BCUT2D eigenvalue weighted by atomic mass is 9.84. The predicted octanol–water partition coefficient (Wildman–Crippen LogP) is 1.59. The third-order valence-corrected chi connectivity index (χ3v) is 3.68. The Kier molecular flexibility index (Phi) is 3.08. The highest BCUT2D eigenvalue weighted by Gasteiger charge is 2.52. The monoisotopic (exact) mass is 236 g/mol. The minimum atomic E-state index is -0.311. The van der Waals surface area contributed by atoms with Crippen LogP contribution in [0.15, 0.2) is 12.3 Å². The molecule has 94 valence electrons. The van der Waals surface area contributed by atoms with Gasteiger partial charge in [0.2, 0.25) is 0 Å². The molecule has 0 amide bonds. The van der Waals surface area contributed by atoms with E-state index in [1.165, 1.54) is 0 Å². The molecule has 0 aromatic carbocycles. The summed E-state index contributed by atoms with van der Waals surface area (Å²) in [5.41, 5.74) is 0.420. The number of aromatic nitrogens is 2. The first kappa shape index (κ1) is 12.6. The van der Waals surface area contributed by atoms with Gasteiger partial charge in [-0.1, -0.05) is 6.92 Å². The minimum absolute atomic E-state index is 0.293. The SMILES string of the molecule is CCCn1nccc1B1OC(C)(C)C(C)(C)O1. The second-order valence-electron chi connectivity index (χ2n) is 5.57. The Morgan fingerprint density at radius 2 is 1.82 bits per heavy atom. The third-order valence-electron chi connectivity index (χ3n) is 3.68. The van der Waals surface area contributed by atoms with Crippen LogP contribution < -0.4 is 5.59 Å². The molecule has 1 fully saturated rings. The first-order valence-electron chi connectivity index (χ1n) is 6.25. The molecule has 1 aromatic heterocycles. The summed E-state index contributed by atoms with van der Waals surface area (Å²) in [5, 5.41) is 4.30. The number of rotatable bonds is 3. The number of aryl methyl sites for hydroxylation is 1. The Morgan fingerprint density at radius 1 is 1.24 bits per heavy atom. The smallest absolute Gasteiger partial charge is 0.398 e. The zero-order valence-corrected chi connectivity index (χ0v) is 11.4. The number of hydrogen-bond donors (Lipinski definition) is 0. The molecule has 4 nitrogen and oxygen atoms in total. The van der Waals surface area contributed by atoms with Crippen LogP contribution in [-0.2, 0) is 15.9 Å². The van der Waals surface area contributed by atoms with Gasteiger partial charge in [-0.05, 0) is 40.2 Å². The highest BCUT2D eigenvalue weighted by Crippen LogP contribution is 2.36. The fourth-order valence-electron chi connectivity index (χ4n) is 1.91. The molecule has 0 bridgehead atoms. The molecule has 1 aliphatic rings. The van der Waals surface area contributed by atoms with Crippen LogP contribution in [0.5, 0.6) is 0 Å². The standard InChI is InChI=1S/C12H21BN2O2/c1-6-9-15-10(7-8-14-15)13-16-11(2,3)12(4,5)17-13/h7-8H,6,9H2,1-5H3. The second-order valence-corrected chi connectivity index (χ2v) is 5.57. The van der Waals surface area contributed by atoms with Gasteiger partial charge in [0.1, 0.15) is 0 Å². The van der Waals surface area contributed by atoms with Crippen molar-refractivity contribution >= 4 is 12.7 Å². The van der Waals surface area contributed by atoms with E-state index < -0.39 is 0 Å². The van der Waals surface area contributed by atoms with Crippen LogP contribution in [0.2, 0.25) is 0 Å². The van der Waals surface area contributed by atoms with Crippen molar-refractivity contribution in [3.8, 4) is 0 Å². The molecule has 5 heteroatoms. The van der Waals surface area contributed by atoms with Gasteiger partial charge < -0.3 is 9.31 Å². The molecular weight excluding hydrogens is 215 g/mol. The summed E-state index contributed by atoms with van der Waals surface area (Å²) in [7, 11) is -0.311. The number of hydrogen-bond acceptors (Lipinski definition) is 3. The molecule has 17 heavy (non-hydrogen) atoms. The minimum Gasteiger partial charge on any atom is -0.398 e. The van der Waals surface area contributed by atoms with Gasteiger partial charge in [-0.15, -0.1) is 0 Å². The van der Waals surface area contributed by atoms with Crippen LogP contribution in [0.3, 0.4) is 0 Å². The van der Waals surface area contributed by atoms with Crippen molar-refractivity contribution in [2.45, 2.75) is 58.8 Å². The molecule has 0 saturated carbocycles. The molecule has 1 saturated heterocycles. The average Bonchev–Trinajstić information content (AvgIpc) is 2.71. The molecule has 2 heterocycles. The van der Waals surface area contributed by atoms with Crippen molar-refractivity contribution in [3.63, 3.8) is 0 Å². The lowest BCUT2D eigenvalue weighted by Crippen LogP contribution is -2.41. The highest BCUT2D eigenvalue weighted by atomic mass is 16.7. The largest absolute Gasteiger partial charge is 0.514 e. The van der Waals surface area contributed by atoms with E-state index in [4.69, 9.17) is 9.31 Å². The maximum Gasteiger partial charge on any atom is 0.514 e. The third kappa shape index (κ3) is 2.14. The summed E-state index contributed by atoms with van der Waals surface area (Å²) in [6, 6.07) is 1.97. The maximum absolute atomic E-state index is 6.01. The Morgan fingerprint density at radius 3 is 2.35 bits per heavy atom. The fraction of sp³-hybridized carbons (Fsp3) is 0.750. The van der Waals surface area contributed by atoms with Gasteiger partial charge in [0.05, 0.1) is 16.8 Å². The van der Waals surface area contributed by atoms with Crippen LogP contribution >= 0.6 is 0 Å². The van der Waals surface area contributed by atoms with E-state index in [1.54, 1.807) is 6.20 Å². The zero-order chi connectivity index (χ0) is 12.7. The van der Waals surface area contributed by atoms with Crippen molar-refractivity contribution < 1.29 is 9.31 Å². The van der Waals surface area contributed by atoms with E-state index in [-0.39, 0.29) is 18.3 Å². The van der Waals surface area contributed by atoms with Crippen molar-refractivity contribution in [1.82, 2.24) is 9.78 Å². The van der Waals surface area contributed by atoms with E-state index in [2.05, 4.69) is 39.7 Å². The van der Waals surface area contributed by atoms with E-state index >= 15 is 0 Å². The second kappa shape index (κ2) is 4.14. The predicted molar refractivity (Wildman–Crippen MR) is 68.2 cm³/mol. The zero-order valence-electron chi connectivity index (χ0n) is 11.4. The summed E-state index contributed by atoms with van der Waals surface area (Å²) in [6.07, 6.45) is 2.85. The summed E-state index contributed by atoms with van der Waals surface area (Å²) in [6.45, 7) is 11.3. The van der Waals surface area contributed by atoms with Crippen molar-refractivity contribution in [2.75, 3.05) is 0 Å². The summed E-state index contributed by atoms with van der Waals surface area (Å²) in [4.78, 5) is 0. The molecule has 0 aliphatic carbocycles. The van der Waals surface area contributed by atoms with E-state index in [9.17, 15) is 0 Å². The Balaban J connectivity index is 2.23. The normalized spacial score (nSPS) is 22.1. The molecular formula is C12H21BN2O2. The lowest BCUT2D eigenvalue weighted by Gasteiger charge is -2.32. The Bertz CT molecular complexity index is 385. The average molecular weight is 236 g/mol. The van der Waals surface area contributed by atoms with Crippen LogP contribution in [0, 0.1) is 0 Å². The summed E-state index contributed by atoms with van der Waals surface area (Å²) >= 11 is 0. The van der Waals surface area contributed by atoms with Crippen LogP contribution in [-0.4, -0.2) is 28.1 Å². The van der Waals surface area contributed by atoms with E-state index in [0.717, 1.165) is 18.6 Å². The fourth-order valence-corrected chi connectivity index (χ4v) is 1.91. The molecule has 0 radical (unpaired) electrons. The van der Waals surface area contributed by atoms with Gasteiger partial charge in [-0.25, -0.2) is 0 Å². The van der Waals surface area contributed by atoms with E-state index in [0.29, 0.717) is 0 Å². The Labute approximate surface area is 103 Å². The first-order chi connectivity index (χ1) is 7.87. The first-order valence-corrected chi connectivity index (χ1v) is 6.25. The molecule has 2 rings (SSSR count). The van der Waals surface area contributed by atoms with Gasteiger partial charge in [-0.3, -0.25) is 4.68 Å². The highest BCUT2D eigenvalue weighted by molar-refractivity contribution is 6.61. The van der Waals surface area contributed by atoms with Gasteiger partial charge in [0, 0.05) is 12.7 Å². The lowest BCUT2D eigenvalue weighted by molar-refractivity contribution is 0.00578. The van der Waals surface area contributed by atoms with Crippen LogP contribution in [0.25, 0.3) is 0 Å². The van der Waals surface area contributed by atoms with Gasteiger partial charge >= 0.3 is 7.12 Å². The molecule has 1 aliphatic heterocycles. The van der Waals surface area contributed by atoms with Crippen LogP contribution in [0.1, 0.15) is 41.0 Å². The molecule has 0 atom stereocenters. The molecule has 0 N–H and O–H groups in total. The Hall–Kier alpha value is -0.805. The molecule has 1 aromatic rings.